The highest BCUT2D eigenvalue weighted by molar-refractivity contribution is 5.99. The van der Waals surface area contributed by atoms with Crippen LogP contribution in [-0.4, -0.2) is 23.0 Å². The lowest BCUT2D eigenvalue weighted by atomic mass is 9.84. The van der Waals surface area contributed by atoms with Gasteiger partial charge in [0, 0.05) is 11.7 Å². The fourth-order valence-corrected chi connectivity index (χ4v) is 2.71. The van der Waals surface area contributed by atoms with E-state index in [4.69, 9.17) is 5.73 Å². The topological polar surface area (TPSA) is 92.4 Å². The van der Waals surface area contributed by atoms with Crippen LogP contribution in [0.25, 0.3) is 0 Å². The van der Waals surface area contributed by atoms with Crippen molar-refractivity contribution in [1.82, 2.24) is 5.32 Å². The fraction of sp³-hybridized carbons (Fsp3) is 0.467. The predicted molar refractivity (Wildman–Crippen MR) is 76.4 cm³/mol. The van der Waals surface area contributed by atoms with E-state index in [0.717, 1.165) is 18.4 Å². The number of carbonyl (C=O) groups excluding carboxylic acids is 1. The Balaban J connectivity index is 2.13. The van der Waals surface area contributed by atoms with Crippen LogP contribution in [0.15, 0.2) is 18.2 Å². The first-order valence-corrected chi connectivity index (χ1v) is 6.89. The van der Waals surface area contributed by atoms with Gasteiger partial charge in [0.25, 0.3) is 5.91 Å². The van der Waals surface area contributed by atoms with Crippen molar-refractivity contribution in [3.05, 3.63) is 29.3 Å². The van der Waals surface area contributed by atoms with Crippen molar-refractivity contribution in [1.29, 1.82) is 0 Å². The van der Waals surface area contributed by atoms with Crippen LogP contribution >= 0.6 is 0 Å². The lowest BCUT2D eigenvalue weighted by molar-refractivity contribution is -0.143. The second-order valence-electron chi connectivity index (χ2n) is 5.40. The van der Waals surface area contributed by atoms with Gasteiger partial charge in [-0.05, 0) is 31.9 Å². The third kappa shape index (κ3) is 3.10. The molecule has 1 fully saturated rings. The summed E-state index contributed by atoms with van der Waals surface area (Å²) < 4.78 is 0. The summed E-state index contributed by atoms with van der Waals surface area (Å²) >= 11 is 0. The highest BCUT2D eigenvalue weighted by Crippen LogP contribution is 2.25. The Hall–Kier alpha value is -2.04. The molecule has 1 aliphatic rings. The number of hydrogen-bond acceptors (Lipinski definition) is 3. The molecule has 1 aliphatic carbocycles. The van der Waals surface area contributed by atoms with E-state index in [0.29, 0.717) is 24.1 Å². The maximum absolute atomic E-state index is 12.3. The molecule has 2 rings (SSSR count). The van der Waals surface area contributed by atoms with E-state index in [1.807, 2.05) is 13.0 Å². The highest BCUT2D eigenvalue weighted by atomic mass is 16.4. The second-order valence-corrected chi connectivity index (χ2v) is 5.40. The minimum Gasteiger partial charge on any atom is -0.481 e. The molecule has 0 saturated heterocycles. The van der Waals surface area contributed by atoms with E-state index >= 15 is 0 Å². The minimum absolute atomic E-state index is 0.288. The lowest BCUT2D eigenvalue weighted by Crippen LogP contribution is -2.45. The number of carbonyl (C=O) groups is 2. The van der Waals surface area contributed by atoms with E-state index in [2.05, 4.69) is 5.32 Å². The Kier molecular flexibility index (Phi) is 4.27. The number of nitrogen functional groups attached to an aromatic ring is 1. The monoisotopic (exact) mass is 276 g/mol. The second kappa shape index (κ2) is 5.94. The normalized spacial score (nSPS) is 22.2. The quantitative estimate of drug-likeness (QED) is 0.736. The number of anilines is 1. The molecule has 0 spiro atoms. The van der Waals surface area contributed by atoms with Crippen molar-refractivity contribution < 1.29 is 14.7 Å². The number of aliphatic carboxylic acids is 1. The number of nitrogens with two attached hydrogens (primary N) is 1. The van der Waals surface area contributed by atoms with Crippen LogP contribution in [0.1, 0.15) is 41.6 Å². The van der Waals surface area contributed by atoms with Crippen LogP contribution in [0.3, 0.4) is 0 Å². The van der Waals surface area contributed by atoms with Gasteiger partial charge in [0.05, 0.1) is 11.5 Å². The third-order valence-electron chi connectivity index (χ3n) is 3.85. The summed E-state index contributed by atoms with van der Waals surface area (Å²) in [5, 5.41) is 12.0. The first-order valence-electron chi connectivity index (χ1n) is 6.89. The van der Waals surface area contributed by atoms with Gasteiger partial charge in [-0.15, -0.1) is 0 Å². The van der Waals surface area contributed by atoms with Crippen LogP contribution < -0.4 is 11.1 Å². The van der Waals surface area contributed by atoms with Gasteiger partial charge in [0.1, 0.15) is 0 Å². The van der Waals surface area contributed by atoms with Crippen LogP contribution in [0.4, 0.5) is 5.69 Å². The van der Waals surface area contributed by atoms with Gasteiger partial charge in [-0.1, -0.05) is 24.5 Å². The van der Waals surface area contributed by atoms with Crippen LogP contribution in [0, 0.1) is 12.8 Å². The molecule has 5 nitrogen and oxygen atoms in total. The van der Waals surface area contributed by atoms with Crippen LogP contribution in [0.5, 0.6) is 0 Å². The lowest BCUT2D eigenvalue weighted by Gasteiger charge is -2.29. The first-order chi connectivity index (χ1) is 9.49. The summed E-state index contributed by atoms with van der Waals surface area (Å²) in [5.41, 5.74) is 7.59. The predicted octanol–water partition coefficient (Wildman–Crippen LogP) is 1.95. The number of amides is 1. The number of aryl methyl sites for hydroxylation is 1. The van der Waals surface area contributed by atoms with Crippen LogP contribution in [-0.2, 0) is 4.79 Å². The van der Waals surface area contributed by atoms with Gasteiger partial charge in [-0.3, -0.25) is 9.59 Å². The highest BCUT2D eigenvalue weighted by Gasteiger charge is 2.32. The third-order valence-corrected chi connectivity index (χ3v) is 3.85. The molecule has 1 aromatic rings. The van der Waals surface area contributed by atoms with E-state index in [1.54, 1.807) is 12.1 Å². The molecule has 1 amide bonds. The minimum atomic E-state index is -0.841. The number of hydrogen-bond donors (Lipinski definition) is 3. The number of carboxylic acids is 1. The zero-order valence-corrected chi connectivity index (χ0v) is 11.6. The fourth-order valence-electron chi connectivity index (χ4n) is 2.71. The Labute approximate surface area is 118 Å². The standard InChI is InChI=1S/C15H20N2O3/c1-9-6-7-12(16)11(8-9)14(18)17-13-5-3-2-4-10(13)15(19)20/h6-8,10,13H,2-5,16H2,1H3,(H,17,18)(H,19,20). The van der Waals surface area contributed by atoms with Gasteiger partial charge >= 0.3 is 5.97 Å². The summed E-state index contributed by atoms with van der Waals surface area (Å²) in [5.74, 6) is -1.63. The van der Waals surface area contributed by atoms with Gasteiger partial charge in [0.15, 0.2) is 0 Å². The molecule has 108 valence electrons. The van der Waals surface area contributed by atoms with Crippen LogP contribution in [0.2, 0.25) is 0 Å². The molecule has 0 heterocycles. The van der Waals surface area contributed by atoms with Crippen molar-refractivity contribution >= 4 is 17.6 Å². The van der Waals surface area contributed by atoms with Crippen molar-refractivity contribution in [3.8, 4) is 0 Å². The van der Waals surface area contributed by atoms with E-state index in [-0.39, 0.29) is 11.9 Å². The molecule has 1 saturated carbocycles. The largest absolute Gasteiger partial charge is 0.481 e. The number of nitrogens with one attached hydrogen (secondary N) is 1. The average Bonchev–Trinajstić information content (AvgIpc) is 2.41. The first kappa shape index (κ1) is 14.4. The number of carboxylic acid groups (broad SMARTS) is 1. The van der Waals surface area contributed by atoms with E-state index in [9.17, 15) is 14.7 Å². The van der Waals surface area contributed by atoms with Crippen molar-refractivity contribution in [3.63, 3.8) is 0 Å². The maximum atomic E-state index is 12.3. The summed E-state index contributed by atoms with van der Waals surface area (Å²) in [4.78, 5) is 23.5. The molecule has 0 aliphatic heterocycles. The van der Waals surface area contributed by atoms with Crippen molar-refractivity contribution in [2.24, 2.45) is 5.92 Å². The summed E-state index contributed by atoms with van der Waals surface area (Å²) in [6, 6.07) is 4.95. The summed E-state index contributed by atoms with van der Waals surface area (Å²) in [6.07, 6.45) is 3.16. The van der Waals surface area contributed by atoms with Crippen molar-refractivity contribution in [2.45, 2.75) is 38.6 Å². The molecule has 20 heavy (non-hydrogen) atoms. The molecule has 5 heteroatoms. The molecule has 0 radical (unpaired) electrons. The maximum Gasteiger partial charge on any atom is 0.308 e. The Bertz CT molecular complexity index is 528. The molecular weight excluding hydrogens is 256 g/mol. The number of rotatable bonds is 3. The smallest absolute Gasteiger partial charge is 0.308 e. The zero-order valence-electron chi connectivity index (χ0n) is 11.6. The average molecular weight is 276 g/mol. The van der Waals surface area contributed by atoms with Gasteiger partial charge < -0.3 is 16.2 Å². The summed E-state index contributed by atoms with van der Waals surface area (Å²) in [6.45, 7) is 1.89. The molecular formula is C15H20N2O3. The Morgan fingerprint density at radius 1 is 1.30 bits per heavy atom. The van der Waals surface area contributed by atoms with E-state index in [1.165, 1.54) is 0 Å². The molecule has 2 atom stereocenters. The van der Waals surface area contributed by atoms with Gasteiger partial charge in [0.2, 0.25) is 0 Å². The zero-order chi connectivity index (χ0) is 14.7. The molecule has 4 N–H and O–H groups in total. The number of benzene rings is 1. The summed E-state index contributed by atoms with van der Waals surface area (Å²) in [7, 11) is 0. The van der Waals surface area contributed by atoms with Gasteiger partial charge in [-0.25, -0.2) is 0 Å². The SMILES string of the molecule is Cc1ccc(N)c(C(=O)NC2CCCCC2C(=O)O)c1. The molecule has 2 unspecified atom stereocenters. The van der Waals surface area contributed by atoms with Crippen molar-refractivity contribution in [2.75, 3.05) is 5.73 Å². The Morgan fingerprint density at radius 3 is 2.70 bits per heavy atom. The van der Waals surface area contributed by atoms with E-state index < -0.39 is 11.9 Å². The molecule has 1 aromatic carbocycles. The molecule has 0 bridgehead atoms. The van der Waals surface area contributed by atoms with Gasteiger partial charge in [-0.2, -0.15) is 0 Å². The molecule has 0 aromatic heterocycles. The Morgan fingerprint density at radius 2 is 2.00 bits per heavy atom.